The smallest absolute Gasteiger partial charge is 0.251 e. The second-order valence-electron chi connectivity index (χ2n) is 5.13. The van der Waals surface area contributed by atoms with Gasteiger partial charge in [0, 0.05) is 37.4 Å². The van der Waals surface area contributed by atoms with Gasteiger partial charge < -0.3 is 15.5 Å². The molecule has 0 bridgehead atoms. The maximum absolute atomic E-state index is 12.0. The van der Waals surface area contributed by atoms with E-state index in [2.05, 4.69) is 36.3 Å². The molecule has 1 rings (SSSR count). The molecule has 1 aromatic carbocycles. The zero-order valence-electron chi connectivity index (χ0n) is 13.6. The van der Waals surface area contributed by atoms with E-state index in [1.54, 1.807) is 0 Å². The van der Waals surface area contributed by atoms with Gasteiger partial charge in [0.1, 0.15) is 0 Å². The van der Waals surface area contributed by atoms with Crippen molar-refractivity contribution < 1.29 is 4.79 Å². The third-order valence-corrected chi connectivity index (χ3v) is 3.38. The van der Waals surface area contributed by atoms with Gasteiger partial charge in [0.15, 0.2) is 0 Å². The van der Waals surface area contributed by atoms with Gasteiger partial charge in [-0.2, -0.15) is 0 Å². The number of rotatable bonds is 10. The van der Waals surface area contributed by atoms with Crippen molar-refractivity contribution in [2.75, 3.05) is 37.6 Å². The van der Waals surface area contributed by atoms with Crippen LogP contribution in [0.1, 0.15) is 44.0 Å². The fourth-order valence-electron chi connectivity index (χ4n) is 2.23. The van der Waals surface area contributed by atoms with Crippen LogP contribution in [0.5, 0.6) is 0 Å². The van der Waals surface area contributed by atoms with Crippen LogP contribution in [0.3, 0.4) is 0 Å². The Bertz CT molecular complexity index is 403. The molecule has 1 amide bonds. The Morgan fingerprint density at radius 1 is 1.00 bits per heavy atom. The average molecular weight is 291 g/mol. The van der Waals surface area contributed by atoms with Gasteiger partial charge in [-0.15, -0.1) is 0 Å². The molecule has 1 aromatic rings. The second kappa shape index (κ2) is 10.2. The standard InChI is InChI=1S/C17H29N3O/c1-4-11-18-12-13-19-17(21)15-7-9-16(10-8-15)20(6-3)14-5-2/h7-10,18H,4-6,11-14H2,1-3H3,(H,19,21). The van der Waals surface area contributed by atoms with Gasteiger partial charge in [-0.25, -0.2) is 0 Å². The Hall–Kier alpha value is -1.55. The molecule has 0 aliphatic carbocycles. The topological polar surface area (TPSA) is 44.4 Å². The number of anilines is 1. The van der Waals surface area contributed by atoms with Crippen LogP contribution < -0.4 is 15.5 Å². The highest BCUT2D eigenvalue weighted by molar-refractivity contribution is 5.94. The van der Waals surface area contributed by atoms with Crippen LogP contribution in [-0.4, -0.2) is 38.6 Å². The van der Waals surface area contributed by atoms with Crippen molar-refractivity contribution in [3.63, 3.8) is 0 Å². The minimum absolute atomic E-state index is 0.00149. The lowest BCUT2D eigenvalue weighted by Gasteiger charge is -2.22. The summed E-state index contributed by atoms with van der Waals surface area (Å²) in [7, 11) is 0. The molecular weight excluding hydrogens is 262 g/mol. The summed E-state index contributed by atoms with van der Waals surface area (Å²) < 4.78 is 0. The second-order valence-corrected chi connectivity index (χ2v) is 5.13. The summed E-state index contributed by atoms with van der Waals surface area (Å²) in [5.74, 6) is -0.00149. The van der Waals surface area contributed by atoms with Crippen LogP contribution in [-0.2, 0) is 0 Å². The van der Waals surface area contributed by atoms with Gasteiger partial charge in [-0.05, 0) is 50.6 Å². The van der Waals surface area contributed by atoms with Crippen LogP contribution >= 0.6 is 0 Å². The molecule has 118 valence electrons. The van der Waals surface area contributed by atoms with Crippen molar-refractivity contribution in [2.45, 2.75) is 33.6 Å². The van der Waals surface area contributed by atoms with Gasteiger partial charge in [0.05, 0.1) is 0 Å². The molecular formula is C17H29N3O. The average Bonchev–Trinajstić information content (AvgIpc) is 2.52. The zero-order valence-corrected chi connectivity index (χ0v) is 13.6. The number of nitrogens with one attached hydrogen (secondary N) is 2. The molecule has 0 aromatic heterocycles. The largest absolute Gasteiger partial charge is 0.372 e. The van der Waals surface area contributed by atoms with Crippen molar-refractivity contribution in [3.8, 4) is 0 Å². The van der Waals surface area contributed by atoms with Crippen LogP contribution in [0.15, 0.2) is 24.3 Å². The Morgan fingerprint density at radius 3 is 2.29 bits per heavy atom. The lowest BCUT2D eigenvalue weighted by molar-refractivity contribution is 0.0954. The molecule has 21 heavy (non-hydrogen) atoms. The zero-order chi connectivity index (χ0) is 15.5. The molecule has 0 atom stereocenters. The summed E-state index contributed by atoms with van der Waals surface area (Å²) in [6.07, 6.45) is 2.24. The maximum Gasteiger partial charge on any atom is 0.251 e. The first kappa shape index (κ1) is 17.5. The first-order valence-corrected chi connectivity index (χ1v) is 8.06. The third-order valence-electron chi connectivity index (χ3n) is 3.38. The number of benzene rings is 1. The Kier molecular flexibility index (Phi) is 8.51. The SMILES string of the molecule is CCCNCCNC(=O)c1ccc(N(CC)CCC)cc1. The molecule has 0 aliphatic heterocycles. The van der Waals surface area contributed by atoms with Gasteiger partial charge in [-0.1, -0.05) is 13.8 Å². The first-order valence-electron chi connectivity index (χ1n) is 8.06. The van der Waals surface area contributed by atoms with E-state index in [1.807, 2.05) is 24.3 Å². The Labute approximate surface area is 128 Å². The highest BCUT2D eigenvalue weighted by Crippen LogP contribution is 2.15. The van der Waals surface area contributed by atoms with Gasteiger partial charge in [0.25, 0.3) is 5.91 Å². The molecule has 4 nitrogen and oxygen atoms in total. The fourth-order valence-corrected chi connectivity index (χ4v) is 2.23. The van der Waals surface area contributed by atoms with Gasteiger partial charge >= 0.3 is 0 Å². The lowest BCUT2D eigenvalue weighted by atomic mass is 10.1. The van der Waals surface area contributed by atoms with E-state index in [-0.39, 0.29) is 5.91 Å². The summed E-state index contributed by atoms with van der Waals surface area (Å²) in [5, 5.41) is 6.20. The van der Waals surface area contributed by atoms with Crippen LogP contribution in [0.2, 0.25) is 0 Å². The summed E-state index contributed by atoms with van der Waals surface area (Å²) in [5.41, 5.74) is 1.90. The third kappa shape index (κ3) is 6.17. The van der Waals surface area contributed by atoms with Crippen molar-refractivity contribution in [3.05, 3.63) is 29.8 Å². The van der Waals surface area contributed by atoms with Gasteiger partial charge in [-0.3, -0.25) is 4.79 Å². The molecule has 4 heteroatoms. The summed E-state index contributed by atoms with van der Waals surface area (Å²) >= 11 is 0. The van der Waals surface area contributed by atoms with Crippen LogP contribution in [0.4, 0.5) is 5.69 Å². The monoisotopic (exact) mass is 291 g/mol. The minimum atomic E-state index is -0.00149. The first-order chi connectivity index (χ1) is 10.2. The molecule has 0 radical (unpaired) electrons. The Balaban J connectivity index is 2.47. The summed E-state index contributed by atoms with van der Waals surface area (Å²) in [4.78, 5) is 14.3. The highest BCUT2D eigenvalue weighted by atomic mass is 16.1. The number of amides is 1. The van der Waals surface area contributed by atoms with E-state index in [9.17, 15) is 4.79 Å². The molecule has 0 saturated heterocycles. The van der Waals surface area contributed by atoms with Gasteiger partial charge in [0.2, 0.25) is 0 Å². The van der Waals surface area contributed by atoms with E-state index >= 15 is 0 Å². The molecule has 0 saturated carbocycles. The Morgan fingerprint density at radius 2 is 1.71 bits per heavy atom. The number of hydrogen-bond donors (Lipinski definition) is 2. The number of nitrogens with zero attached hydrogens (tertiary/aromatic N) is 1. The fraction of sp³-hybridized carbons (Fsp3) is 0.588. The van der Waals surface area contributed by atoms with Crippen molar-refractivity contribution in [1.82, 2.24) is 10.6 Å². The van der Waals surface area contributed by atoms with E-state index in [4.69, 9.17) is 0 Å². The van der Waals surface area contributed by atoms with Crippen LogP contribution in [0.25, 0.3) is 0 Å². The minimum Gasteiger partial charge on any atom is -0.372 e. The normalized spacial score (nSPS) is 10.4. The molecule has 2 N–H and O–H groups in total. The summed E-state index contributed by atoms with van der Waals surface area (Å²) in [6.45, 7) is 11.0. The molecule has 0 unspecified atom stereocenters. The van der Waals surface area contributed by atoms with Crippen LogP contribution in [0, 0.1) is 0 Å². The molecule has 0 fully saturated rings. The number of carbonyl (C=O) groups is 1. The quantitative estimate of drug-likeness (QED) is 0.651. The van der Waals surface area contributed by atoms with E-state index in [1.165, 1.54) is 5.69 Å². The molecule has 0 spiro atoms. The predicted molar refractivity (Wildman–Crippen MR) is 90.1 cm³/mol. The number of carbonyl (C=O) groups excluding carboxylic acids is 1. The maximum atomic E-state index is 12.0. The molecule has 0 aliphatic rings. The van der Waals surface area contributed by atoms with E-state index in [0.29, 0.717) is 6.54 Å². The van der Waals surface area contributed by atoms with Crippen molar-refractivity contribution in [1.29, 1.82) is 0 Å². The summed E-state index contributed by atoms with van der Waals surface area (Å²) in [6, 6.07) is 7.87. The van der Waals surface area contributed by atoms with E-state index < -0.39 is 0 Å². The van der Waals surface area contributed by atoms with Crippen molar-refractivity contribution in [2.24, 2.45) is 0 Å². The predicted octanol–water partition coefficient (Wildman–Crippen LogP) is 2.65. The highest BCUT2D eigenvalue weighted by Gasteiger charge is 2.07. The number of hydrogen-bond acceptors (Lipinski definition) is 3. The van der Waals surface area contributed by atoms with E-state index in [0.717, 1.165) is 44.6 Å². The van der Waals surface area contributed by atoms with Crippen molar-refractivity contribution >= 4 is 11.6 Å². The molecule has 0 heterocycles. The lowest BCUT2D eigenvalue weighted by Crippen LogP contribution is -2.32.